The average molecular weight is 711 g/mol. The van der Waals surface area contributed by atoms with E-state index in [-0.39, 0.29) is 27.8 Å². The molecule has 10 nitrogen and oxygen atoms in total. The Kier molecular flexibility index (Phi) is 9.86. The lowest BCUT2D eigenvalue weighted by Crippen LogP contribution is -2.51. The number of aromatic nitrogens is 2. The molecule has 0 amide bonds. The second-order valence-corrected chi connectivity index (χ2v) is 16.0. The van der Waals surface area contributed by atoms with E-state index in [9.17, 15) is 8.42 Å². The minimum absolute atomic E-state index is 0.116. The van der Waals surface area contributed by atoms with Gasteiger partial charge in [-0.2, -0.15) is 9.97 Å². The Morgan fingerprint density at radius 1 is 1.14 bits per heavy atom. The Morgan fingerprint density at radius 3 is 2.55 bits per heavy atom. The summed E-state index contributed by atoms with van der Waals surface area (Å²) < 4.78 is 55.9. The van der Waals surface area contributed by atoms with E-state index in [1.807, 2.05) is 31.2 Å². The maximum atomic E-state index is 16.8. The summed E-state index contributed by atoms with van der Waals surface area (Å²) in [7, 11) is -3.63. The van der Waals surface area contributed by atoms with Crippen molar-refractivity contribution in [2.24, 2.45) is 0 Å². The zero-order valence-electron chi connectivity index (χ0n) is 28.2. The van der Waals surface area contributed by atoms with Crippen LogP contribution in [-0.4, -0.2) is 93.2 Å². The van der Waals surface area contributed by atoms with Crippen LogP contribution in [0.4, 0.5) is 10.2 Å². The number of hydrogen-bond acceptors (Lipinski definition) is 9. The van der Waals surface area contributed by atoms with Gasteiger partial charge in [-0.05, 0) is 80.9 Å². The number of nitrogens with one attached hydrogen (secondary N) is 2. The molecule has 7 rings (SSSR count). The fourth-order valence-corrected chi connectivity index (χ4v) is 8.71. The molecule has 5 heterocycles. The van der Waals surface area contributed by atoms with Crippen molar-refractivity contribution in [2.75, 3.05) is 50.6 Å². The van der Waals surface area contributed by atoms with E-state index < -0.39 is 15.8 Å². The normalized spacial score (nSPS) is 24.6. The molecule has 0 aliphatic carbocycles. The van der Waals surface area contributed by atoms with Gasteiger partial charge in [0.2, 0.25) is 10.0 Å². The van der Waals surface area contributed by atoms with E-state index in [1.165, 1.54) is 12.8 Å². The van der Waals surface area contributed by atoms with Crippen molar-refractivity contribution in [2.45, 2.75) is 70.1 Å². The van der Waals surface area contributed by atoms with Gasteiger partial charge >= 0.3 is 6.01 Å². The fraction of sp³-hybridized carbons (Fsp3) is 0.500. The van der Waals surface area contributed by atoms with E-state index >= 15 is 4.39 Å². The van der Waals surface area contributed by atoms with E-state index in [4.69, 9.17) is 26.1 Å². The molecule has 4 atom stereocenters. The number of ether oxygens (including phenoxy) is 2. The first kappa shape index (κ1) is 34.2. The Labute approximate surface area is 292 Å². The average Bonchev–Trinajstić information content (AvgIpc) is 3.49. The molecule has 1 aromatic heterocycles. The lowest BCUT2D eigenvalue weighted by molar-refractivity contribution is -0.0161. The molecule has 49 heavy (non-hydrogen) atoms. The van der Waals surface area contributed by atoms with Crippen molar-refractivity contribution in [1.82, 2.24) is 24.9 Å². The van der Waals surface area contributed by atoms with Crippen molar-refractivity contribution in [3.05, 3.63) is 69.6 Å². The second kappa shape index (κ2) is 14.1. The number of allylic oxidation sites excluding steroid dienone is 2. The van der Waals surface area contributed by atoms with Gasteiger partial charge in [-0.1, -0.05) is 35.9 Å². The van der Waals surface area contributed by atoms with Crippen molar-refractivity contribution in [3.63, 3.8) is 0 Å². The van der Waals surface area contributed by atoms with Gasteiger partial charge in [0.1, 0.15) is 11.3 Å². The zero-order chi connectivity index (χ0) is 34.3. The molecule has 4 saturated heterocycles. The molecular formula is C36H44ClFN6O4S. The highest BCUT2D eigenvalue weighted by Gasteiger charge is 2.37. The number of aryl methyl sites for hydroxylation is 1. The summed E-state index contributed by atoms with van der Waals surface area (Å²) in [6.07, 6.45) is 9.69. The Balaban J connectivity index is 1.23. The Bertz CT molecular complexity index is 1880. The van der Waals surface area contributed by atoms with Crippen LogP contribution < -0.4 is 19.7 Å². The minimum atomic E-state index is -3.63. The first-order valence-electron chi connectivity index (χ1n) is 17.1. The third kappa shape index (κ3) is 7.58. The number of nitrogens with zero attached hydrogens (tertiary/aromatic N) is 4. The molecule has 2 N–H and O–H groups in total. The molecule has 4 aliphatic heterocycles. The molecule has 3 aromatic rings. The number of rotatable bonds is 11. The molecule has 0 radical (unpaired) electrons. The van der Waals surface area contributed by atoms with Crippen molar-refractivity contribution in [3.8, 4) is 6.01 Å². The highest BCUT2D eigenvalue weighted by Crippen LogP contribution is 2.38. The Hall–Kier alpha value is -3.29. The summed E-state index contributed by atoms with van der Waals surface area (Å²) in [6.45, 7) is 8.00. The van der Waals surface area contributed by atoms with Crippen LogP contribution in [0.5, 0.6) is 6.01 Å². The smallest absolute Gasteiger partial charge is 0.319 e. The topological polar surface area (TPSA) is 109 Å². The van der Waals surface area contributed by atoms with E-state index in [2.05, 4.69) is 24.8 Å². The predicted molar refractivity (Wildman–Crippen MR) is 192 cm³/mol. The van der Waals surface area contributed by atoms with Crippen LogP contribution in [0.3, 0.4) is 0 Å². The molecule has 2 aromatic carbocycles. The van der Waals surface area contributed by atoms with Crippen LogP contribution in [0, 0.1) is 12.7 Å². The van der Waals surface area contributed by atoms with Crippen LogP contribution in [-0.2, 0) is 14.8 Å². The highest BCUT2D eigenvalue weighted by atomic mass is 35.5. The molecule has 0 saturated carbocycles. The standard InChI is InChI=1S/C36H44ClFN6O4S/c1-22-7-4-5-8-24(22)16-27(42-49(3,45)46)15-23(2)32-31(37)17-30-34(33(32)38)40-36(41-35(30)43-18-25-9-10-26(19-43)39-25)48-14-6-13-44-28-11-12-29(44)21-47-20-28/h4-5,7-8,15-17,25-26,28-29,39,42H,6,9-14,18-21H2,1-3H3/b23-15+,27-16+. The largest absolute Gasteiger partial charge is 0.463 e. The van der Waals surface area contributed by atoms with Crippen LogP contribution in [0.1, 0.15) is 55.7 Å². The number of piperazine rings is 1. The molecular weight excluding hydrogens is 667 g/mol. The molecule has 4 unspecified atom stereocenters. The first-order valence-corrected chi connectivity index (χ1v) is 19.4. The van der Waals surface area contributed by atoms with Crippen LogP contribution in [0.15, 0.2) is 42.1 Å². The predicted octanol–water partition coefficient (Wildman–Crippen LogP) is 5.30. The van der Waals surface area contributed by atoms with Crippen LogP contribution in [0.25, 0.3) is 22.6 Å². The van der Waals surface area contributed by atoms with Crippen molar-refractivity contribution < 1.29 is 22.3 Å². The summed E-state index contributed by atoms with van der Waals surface area (Å²) >= 11 is 6.86. The summed E-state index contributed by atoms with van der Waals surface area (Å²) in [5, 5.41) is 4.35. The zero-order valence-corrected chi connectivity index (χ0v) is 29.8. The van der Waals surface area contributed by atoms with Gasteiger partial charge in [0, 0.05) is 60.4 Å². The SMILES string of the molecule is C/C(=C\C(=C/c1ccccc1C)NS(C)(=O)=O)c1c(Cl)cc2c(N3CC4CCC(C3)N4)nc(OCCCN3C4CCC3COC4)nc2c1F. The van der Waals surface area contributed by atoms with Gasteiger partial charge in [0.15, 0.2) is 5.82 Å². The molecule has 4 fully saturated rings. The lowest BCUT2D eigenvalue weighted by atomic mass is 10.0. The maximum absolute atomic E-state index is 16.8. The molecule has 262 valence electrons. The number of sulfonamides is 1. The summed E-state index contributed by atoms with van der Waals surface area (Å²) in [5.74, 6) is -0.000155. The fourth-order valence-electron chi connectivity index (χ4n) is 7.82. The van der Waals surface area contributed by atoms with Crippen molar-refractivity contribution in [1.29, 1.82) is 0 Å². The van der Waals surface area contributed by atoms with E-state index in [0.717, 1.165) is 69.5 Å². The van der Waals surface area contributed by atoms with E-state index in [1.54, 1.807) is 25.1 Å². The van der Waals surface area contributed by atoms with Gasteiger partial charge in [-0.25, -0.2) is 12.8 Å². The quantitative estimate of drug-likeness (QED) is 0.203. The monoisotopic (exact) mass is 710 g/mol. The van der Waals surface area contributed by atoms with E-state index in [0.29, 0.717) is 47.6 Å². The van der Waals surface area contributed by atoms with Gasteiger partial charge in [-0.3, -0.25) is 9.62 Å². The first-order chi connectivity index (χ1) is 23.5. The third-order valence-electron chi connectivity index (χ3n) is 10.1. The summed E-state index contributed by atoms with van der Waals surface area (Å²) in [5.41, 5.74) is 2.76. The van der Waals surface area contributed by atoms with Gasteiger partial charge < -0.3 is 19.7 Å². The van der Waals surface area contributed by atoms with Gasteiger partial charge in [-0.15, -0.1) is 0 Å². The van der Waals surface area contributed by atoms with Gasteiger partial charge in [0.25, 0.3) is 0 Å². The number of halogens is 2. The maximum Gasteiger partial charge on any atom is 0.319 e. The molecule has 4 aliphatic rings. The van der Waals surface area contributed by atoms with Crippen molar-refractivity contribution >= 4 is 50.0 Å². The third-order valence-corrected chi connectivity index (χ3v) is 11.0. The summed E-state index contributed by atoms with van der Waals surface area (Å²) in [6, 6.07) is 11.1. The number of hydrogen-bond donors (Lipinski definition) is 2. The number of benzene rings is 2. The minimum Gasteiger partial charge on any atom is -0.463 e. The molecule has 4 bridgehead atoms. The van der Waals surface area contributed by atoms with Gasteiger partial charge in [0.05, 0.1) is 31.1 Å². The number of fused-ring (bicyclic) bond motifs is 5. The highest BCUT2D eigenvalue weighted by molar-refractivity contribution is 7.88. The van der Waals surface area contributed by atoms with Crippen LogP contribution >= 0.6 is 11.6 Å². The Morgan fingerprint density at radius 2 is 1.86 bits per heavy atom. The summed E-state index contributed by atoms with van der Waals surface area (Å²) in [4.78, 5) is 14.2. The number of morpholine rings is 1. The lowest BCUT2D eigenvalue weighted by Gasteiger charge is -2.34. The second-order valence-electron chi connectivity index (χ2n) is 13.8. The molecule has 0 spiro atoms. The molecule has 13 heteroatoms. The number of anilines is 1. The van der Waals surface area contributed by atoms with Crippen LogP contribution in [0.2, 0.25) is 5.02 Å².